The van der Waals surface area contributed by atoms with Gasteiger partial charge in [-0.25, -0.2) is 8.42 Å². The topological polar surface area (TPSA) is 87.2 Å². The predicted molar refractivity (Wildman–Crippen MR) is 117 cm³/mol. The van der Waals surface area contributed by atoms with E-state index in [2.05, 4.69) is 0 Å². The van der Waals surface area contributed by atoms with Gasteiger partial charge in [-0.05, 0) is 37.6 Å². The number of sulfone groups is 1. The van der Waals surface area contributed by atoms with Crippen molar-refractivity contribution in [2.45, 2.75) is 48.8 Å². The number of carbonyl (C=O) groups is 1. The minimum absolute atomic E-state index is 0.115. The smallest absolute Gasteiger partial charge is 0.341 e. The van der Waals surface area contributed by atoms with E-state index in [1.807, 2.05) is 35.2 Å². The minimum Gasteiger partial charge on any atom is -0.485 e. The van der Waals surface area contributed by atoms with Crippen molar-refractivity contribution in [3.63, 3.8) is 0 Å². The Morgan fingerprint density at radius 3 is 2.48 bits per heavy atom. The second-order valence-electron chi connectivity index (χ2n) is 8.88. The second-order valence-corrected chi connectivity index (χ2v) is 10.8. The number of hydrogen-bond donors (Lipinski definition) is 1. The molecule has 2 aromatic rings. The molecule has 10 heteroatoms. The third-order valence-electron chi connectivity index (χ3n) is 6.17. The lowest BCUT2D eigenvalue weighted by molar-refractivity contribution is -0.150. The van der Waals surface area contributed by atoms with Gasteiger partial charge in [0.1, 0.15) is 17.5 Å². The van der Waals surface area contributed by atoms with Crippen LogP contribution in [0.2, 0.25) is 0 Å². The van der Waals surface area contributed by atoms with Gasteiger partial charge in [-0.1, -0.05) is 30.3 Å². The number of halogens is 2. The van der Waals surface area contributed by atoms with E-state index in [1.165, 1.54) is 11.0 Å². The van der Waals surface area contributed by atoms with Gasteiger partial charge in [0, 0.05) is 25.2 Å². The number of amides is 1. The summed E-state index contributed by atoms with van der Waals surface area (Å²) in [5.74, 6) is -3.57. The first-order valence-electron chi connectivity index (χ1n) is 10.6. The van der Waals surface area contributed by atoms with Crippen molar-refractivity contribution < 1.29 is 31.8 Å². The summed E-state index contributed by atoms with van der Waals surface area (Å²) >= 11 is 0. The summed E-state index contributed by atoms with van der Waals surface area (Å²) in [4.78, 5) is 16.1. The summed E-state index contributed by atoms with van der Waals surface area (Å²) in [5, 5.41) is 11.1. The van der Waals surface area contributed by atoms with Gasteiger partial charge >= 0.3 is 5.76 Å². The molecule has 33 heavy (non-hydrogen) atoms. The Bertz CT molecular complexity index is 1140. The Hall–Kier alpha value is -2.56. The van der Waals surface area contributed by atoms with Crippen LogP contribution >= 0.6 is 0 Å². The molecule has 0 radical (unpaired) electrons. The lowest BCUT2D eigenvalue weighted by Crippen LogP contribution is -2.59. The zero-order chi connectivity index (χ0) is 24.0. The molecule has 2 aromatic carbocycles. The van der Waals surface area contributed by atoms with E-state index in [0.717, 1.165) is 17.7 Å². The van der Waals surface area contributed by atoms with Gasteiger partial charge in [0.05, 0.1) is 17.5 Å². The molecule has 1 saturated heterocycles. The number of nitrogens with zero attached hydrogens (tertiary/aromatic N) is 2. The SMILES string of the molecule is CC1(C)Oc2ccc(S(=O)(=O)C(F)F)cc2[C@H](N2CCN(Cc3ccccc3)CC2=O)[C@H]1O. The van der Waals surface area contributed by atoms with Gasteiger partial charge in [-0.15, -0.1) is 0 Å². The van der Waals surface area contributed by atoms with Gasteiger partial charge in [-0.3, -0.25) is 9.69 Å². The van der Waals surface area contributed by atoms with Gasteiger partial charge in [0.2, 0.25) is 15.7 Å². The largest absolute Gasteiger partial charge is 0.485 e. The fourth-order valence-electron chi connectivity index (χ4n) is 4.37. The molecule has 0 unspecified atom stereocenters. The summed E-state index contributed by atoms with van der Waals surface area (Å²) in [5.41, 5.74) is 0.189. The van der Waals surface area contributed by atoms with Crippen LogP contribution in [0.1, 0.15) is 31.0 Å². The maximum absolute atomic E-state index is 13.1. The minimum atomic E-state index is -4.85. The predicted octanol–water partition coefficient (Wildman–Crippen LogP) is 2.60. The highest BCUT2D eigenvalue weighted by molar-refractivity contribution is 7.91. The van der Waals surface area contributed by atoms with E-state index in [-0.39, 0.29) is 30.3 Å². The monoisotopic (exact) mass is 480 g/mol. The summed E-state index contributed by atoms with van der Waals surface area (Å²) in [6.45, 7) is 4.85. The molecule has 2 heterocycles. The Labute approximate surface area is 191 Å². The summed E-state index contributed by atoms with van der Waals surface area (Å²) in [6, 6.07) is 12.2. The van der Waals surface area contributed by atoms with Gasteiger partial charge in [-0.2, -0.15) is 8.78 Å². The van der Waals surface area contributed by atoms with Crippen LogP contribution in [0.3, 0.4) is 0 Å². The van der Waals surface area contributed by atoms with Crippen LogP contribution in [-0.2, 0) is 21.2 Å². The number of aliphatic hydroxyl groups excluding tert-OH is 1. The molecule has 2 atom stereocenters. The third kappa shape index (κ3) is 4.47. The van der Waals surface area contributed by atoms with E-state index in [4.69, 9.17) is 4.74 Å². The van der Waals surface area contributed by atoms with Crippen molar-refractivity contribution in [3.05, 3.63) is 59.7 Å². The highest BCUT2D eigenvalue weighted by Gasteiger charge is 2.48. The van der Waals surface area contributed by atoms with Gasteiger partial charge in [0.15, 0.2) is 0 Å². The molecule has 2 aliphatic rings. The summed E-state index contributed by atoms with van der Waals surface area (Å²) < 4.78 is 56.2. The Morgan fingerprint density at radius 2 is 1.85 bits per heavy atom. The molecule has 7 nitrogen and oxygen atoms in total. The van der Waals surface area contributed by atoms with Crippen molar-refractivity contribution >= 4 is 15.7 Å². The van der Waals surface area contributed by atoms with E-state index in [1.54, 1.807) is 13.8 Å². The first kappa shape index (κ1) is 23.6. The Morgan fingerprint density at radius 1 is 1.15 bits per heavy atom. The van der Waals surface area contributed by atoms with Gasteiger partial charge in [0.25, 0.3) is 0 Å². The molecular formula is C23H26F2N2O5S. The molecule has 0 bridgehead atoms. The molecule has 0 spiro atoms. The number of fused-ring (bicyclic) bond motifs is 1. The summed E-state index contributed by atoms with van der Waals surface area (Å²) in [6.07, 6.45) is -1.20. The maximum Gasteiger partial charge on any atom is 0.341 e. The van der Waals surface area contributed by atoms with E-state index >= 15 is 0 Å². The highest BCUT2D eigenvalue weighted by atomic mass is 32.2. The van der Waals surface area contributed by atoms with Crippen LogP contribution in [0.25, 0.3) is 0 Å². The molecule has 0 aromatic heterocycles. The standard InChI is InChI=1S/C23H26F2N2O5S/c1-23(2)21(29)20(17-12-16(8-9-18(17)32-23)33(30,31)22(24)25)27-11-10-26(14-19(27)28)13-15-6-4-3-5-7-15/h3-9,12,20-22,29H,10-11,13-14H2,1-2H3/t20-,21+/m0/s1. The Kier molecular flexibility index (Phi) is 6.19. The van der Waals surface area contributed by atoms with Crippen LogP contribution in [-0.4, -0.2) is 66.3 Å². The van der Waals surface area contributed by atoms with Crippen molar-refractivity contribution in [1.82, 2.24) is 9.80 Å². The zero-order valence-corrected chi connectivity index (χ0v) is 19.1. The number of alkyl halides is 2. The molecular weight excluding hydrogens is 454 g/mol. The molecule has 0 aliphatic carbocycles. The first-order chi connectivity index (χ1) is 15.5. The van der Waals surface area contributed by atoms with E-state index in [9.17, 15) is 27.1 Å². The lowest BCUT2D eigenvalue weighted by Gasteiger charge is -2.48. The van der Waals surface area contributed by atoms with Crippen molar-refractivity contribution in [2.75, 3.05) is 19.6 Å². The number of hydrogen-bond acceptors (Lipinski definition) is 6. The quantitative estimate of drug-likeness (QED) is 0.708. The van der Waals surface area contributed by atoms with Crippen LogP contribution in [0.5, 0.6) is 5.75 Å². The second kappa shape index (κ2) is 8.66. The molecule has 1 N–H and O–H groups in total. The van der Waals surface area contributed by atoms with Crippen LogP contribution in [0.15, 0.2) is 53.4 Å². The van der Waals surface area contributed by atoms with Crippen LogP contribution in [0.4, 0.5) is 8.78 Å². The number of rotatable bonds is 5. The number of piperazine rings is 1. The fraction of sp³-hybridized carbons (Fsp3) is 0.435. The van der Waals surface area contributed by atoms with Crippen LogP contribution < -0.4 is 4.74 Å². The van der Waals surface area contributed by atoms with E-state index in [0.29, 0.717) is 13.1 Å². The molecule has 0 saturated carbocycles. The third-order valence-corrected chi connectivity index (χ3v) is 7.55. The highest BCUT2D eigenvalue weighted by Crippen LogP contribution is 2.44. The summed E-state index contributed by atoms with van der Waals surface area (Å²) in [7, 11) is -4.85. The van der Waals surface area contributed by atoms with Crippen molar-refractivity contribution in [2.24, 2.45) is 0 Å². The Balaban J connectivity index is 1.65. The van der Waals surface area contributed by atoms with Gasteiger partial charge < -0.3 is 14.7 Å². The molecule has 1 fully saturated rings. The zero-order valence-electron chi connectivity index (χ0n) is 18.3. The molecule has 4 rings (SSSR count). The maximum atomic E-state index is 13.1. The van der Waals surface area contributed by atoms with E-state index < -0.39 is 38.2 Å². The lowest BCUT2D eigenvalue weighted by atomic mass is 9.85. The molecule has 1 amide bonds. The first-order valence-corrected chi connectivity index (χ1v) is 12.1. The average Bonchev–Trinajstić information content (AvgIpc) is 2.76. The van der Waals surface area contributed by atoms with Crippen molar-refractivity contribution in [3.8, 4) is 5.75 Å². The number of carbonyl (C=O) groups excluding carboxylic acids is 1. The fourth-order valence-corrected chi connectivity index (χ4v) is 5.12. The normalized spacial score (nSPS) is 23.3. The molecule has 2 aliphatic heterocycles. The number of benzene rings is 2. The molecule has 178 valence electrons. The van der Waals surface area contributed by atoms with Crippen molar-refractivity contribution in [1.29, 1.82) is 0 Å². The average molecular weight is 481 g/mol. The van der Waals surface area contributed by atoms with Crippen LogP contribution in [0, 0.1) is 0 Å². The number of ether oxygens (including phenoxy) is 1. The number of aliphatic hydroxyl groups is 1.